The normalized spacial score (nSPS) is 18.3. The van der Waals surface area contributed by atoms with E-state index in [0.29, 0.717) is 12.1 Å². The highest BCUT2D eigenvalue weighted by Crippen LogP contribution is 2.27. The monoisotopic (exact) mass is 291 g/mol. The zero-order valence-electron chi connectivity index (χ0n) is 14.1. The molecule has 0 amide bonds. The first-order chi connectivity index (χ1) is 10.1. The van der Waals surface area contributed by atoms with Crippen LogP contribution in [0.3, 0.4) is 0 Å². The summed E-state index contributed by atoms with van der Waals surface area (Å²) < 4.78 is 2.21. The van der Waals surface area contributed by atoms with E-state index >= 15 is 0 Å². The van der Waals surface area contributed by atoms with Gasteiger partial charge in [-0.25, -0.2) is 0 Å². The summed E-state index contributed by atoms with van der Waals surface area (Å²) in [6.45, 7) is 7.80. The molecule has 0 spiro atoms. The Kier molecular flexibility index (Phi) is 6.75. The van der Waals surface area contributed by atoms with E-state index in [9.17, 15) is 0 Å². The minimum atomic E-state index is 0.587. The van der Waals surface area contributed by atoms with Gasteiger partial charge in [0.2, 0.25) is 0 Å². The van der Waals surface area contributed by atoms with Gasteiger partial charge in [0.25, 0.3) is 0 Å². The number of hydrogen-bond donors (Lipinski definition) is 1. The van der Waals surface area contributed by atoms with Crippen LogP contribution in [0.15, 0.2) is 12.3 Å². The molecular formula is C18H33N3. The van der Waals surface area contributed by atoms with Crippen LogP contribution in [0.4, 0.5) is 0 Å². The van der Waals surface area contributed by atoms with E-state index < -0.39 is 0 Å². The van der Waals surface area contributed by atoms with Crippen molar-refractivity contribution < 1.29 is 0 Å². The summed E-state index contributed by atoms with van der Waals surface area (Å²) in [5.74, 6) is 0.823. The summed E-state index contributed by atoms with van der Waals surface area (Å²) in [6, 6.07) is 3.42. The number of hydrogen-bond acceptors (Lipinski definition) is 2. The fraction of sp³-hybridized carbons (Fsp3) is 0.833. The van der Waals surface area contributed by atoms with Gasteiger partial charge >= 0.3 is 0 Å². The number of nitrogens with one attached hydrogen (secondary N) is 1. The van der Waals surface area contributed by atoms with Gasteiger partial charge < -0.3 is 5.32 Å². The van der Waals surface area contributed by atoms with E-state index in [1.165, 1.54) is 57.1 Å². The maximum absolute atomic E-state index is 4.77. The smallest absolute Gasteiger partial charge is 0.0762 e. The van der Waals surface area contributed by atoms with Crippen LogP contribution in [0, 0.1) is 5.92 Å². The highest BCUT2D eigenvalue weighted by molar-refractivity contribution is 5.00. The molecule has 0 aromatic carbocycles. The lowest BCUT2D eigenvalue weighted by Crippen LogP contribution is -2.25. The highest BCUT2D eigenvalue weighted by Gasteiger charge is 2.16. The van der Waals surface area contributed by atoms with Gasteiger partial charge in [-0.05, 0) is 38.2 Å². The Morgan fingerprint density at radius 3 is 2.67 bits per heavy atom. The van der Waals surface area contributed by atoms with Crippen molar-refractivity contribution in [3.05, 3.63) is 18.0 Å². The van der Waals surface area contributed by atoms with Crippen LogP contribution >= 0.6 is 0 Å². The first-order valence-corrected chi connectivity index (χ1v) is 8.92. The number of rotatable bonds is 8. The molecule has 1 saturated carbocycles. The first-order valence-electron chi connectivity index (χ1n) is 8.92. The molecule has 0 aliphatic heterocycles. The SMILES string of the molecule is CC(C)CCCC(C)NCc1ccn(C2CCCCC2)n1. The van der Waals surface area contributed by atoms with Crippen molar-refractivity contribution in [2.45, 2.75) is 90.8 Å². The van der Waals surface area contributed by atoms with Crippen molar-refractivity contribution in [3.63, 3.8) is 0 Å². The average Bonchev–Trinajstić information content (AvgIpc) is 2.94. The predicted octanol–water partition coefficient (Wildman–Crippen LogP) is 4.69. The summed E-state index contributed by atoms with van der Waals surface area (Å²) in [7, 11) is 0. The molecular weight excluding hydrogens is 258 g/mol. The lowest BCUT2D eigenvalue weighted by atomic mass is 9.96. The topological polar surface area (TPSA) is 29.9 Å². The van der Waals surface area contributed by atoms with Crippen molar-refractivity contribution in [2.75, 3.05) is 0 Å². The second kappa shape index (κ2) is 8.57. The maximum atomic E-state index is 4.77. The van der Waals surface area contributed by atoms with Gasteiger partial charge in [-0.15, -0.1) is 0 Å². The molecule has 1 aromatic rings. The van der Waals surface area contributed by atoms with Crippen LogP contribution in [-0.4, -0.2) is 15.8 Å². The van der Waals surface area contributed by atoms with Crippen LogP contribution in [0.2, 0.25) is 0 Å². The van der Waals surface area contributed by atoms with Crippen LogP contribution in [0.1, 0.15) is 83.9 Å². The van der Waals surface area contributed by atoms with Crippen LogP contribution < -0.4 is 5.32 Å². The predicted molar refractivity (Wildman–Crippen MR) is 89.3 cm³/mol. The Hall–Kier alpha value is -0.830. The summed E-state index contributed by atoms with van der Waals surface area (Å²) >= 11 is 0. The van der Waals surface area contributed by atoms with Gasteiger partial charge in [-0.3, -0.25) is 4.68 Å². The van der Waals surface area contributed by atoms with Crippen molar-refractivity contribution in [1.29, 1.82) is 0 Å². The maximum Gasteiger partial charge on any atom is 0.0762 e. The zero-order valence-corrected chi connectivity index (χ0v) is 14.1. The Bertz CT molecular complexity index is 391. The zero-order chi connectivity index (χ0) is 15.1. The van der Waals surface area contributed by atoms with E-state index in [-0.39, 0.29) is 0 Å². The molecule has 120 valence electrons. The largest absolute Gasteiger partial charge is 0.309 e. The second-order valence-corrected chi connectivity index (χ2v) is 7.19. The molecule has 1 aliphatic rings. The fourth-order valence-corrected chi connectivity index (χ4v) is 3.23. The summed E-state index contributed by atoms with van der Waals surface area (Å²) in [4.78, 5) is 0. The lowest BCUT2D eigenvalue weighted by molar-refractivity contribution is 0.327. The number of aromatic nitrogens is 2. The van der Waals surface area contributed by atoms with Crippen molar-refractivity contribution in [2.24, 2.45) is 5.92 Å². The number of nitrogens with zero attached hydrogens (tertiary/aromatic N) is 2. The Labute approximate surface area is 130 Å². The molecule has 3 nitrogen and oxygen atoms in total. The van der Waals surface area contributed by atoms with Gasteiger partial charge in [0.05, 0.1) is 11.7 Å². The van der Waals surface area contributed by atoms with E-state index in [1.54, 1.807) is 0 Å². The molecule has 1 aromatic heterocycles. The molecule has 0 radical (unpaired) electrons. The van der Waals surface area contributed by atoms with Crippen molar-refractivity contribution >= 4 is 0 Å². The molecule has 1 aliphatic carbocycles. The summed E-state index contributed by atoms with van der Waals surface area (Å²) in [6.07, 6.45) is 12.8. The van der Waals surface area contributed by atoms with Gasteiger partial charge in [-0.2, -0.15) is 5.10 Å². The van der Waals surface area contributed by atoms with E-state index in [4.69, 9.17) is 5.10 Å². The van der Waals surface area contributed by atoms with E-state index in [0.717, 1.165) is 12.5 Å². The molecule has 21 heavy (non-hydrogen) atoms. The molecule has 1 unspecified atom stereocenters. The van der Waals surface area contributed by atoms with Crippen LogP contribution in [-0.2, 0) is 6.54 Å². The highest BCUT2D eigenvalue weighted by atomic mass is 15.3. The van der Waals surface area contributed by atoms with Gasteiger partial charge in [0.15, 0.2) is 0 Å². The van der Waals surface area contributed by atoms with Crippen LogP contribution in [0.5, 0.6) is 0 Å². The third-order valence-electron chi connectivity index (χ3n) is 4.66. The van der Waals surface area contributed by atoms with Gasteiger partial charge in [0, 0.05) is 18.8 Å². The van der Waals surface area contributed by atoms with E-state index in [1.807, 2.05) is 0 Å². The Balaban J connectivity index is 1.69. The second-order valence-electron chi connectivity index (χ2n) is 7.19. The Morgan fingerprint density at radius 1 is 1.19 bits per heavy atom. The van der Waals surface area contributed by atoms with Crippen molar-refractivity contribution in [1.82, 2.24) is 15.1 Å². The average molecular weight is 291 g/mol. The third kappa shape index (κ3) is 5.82. The fourth-order valence-electron chi connectivity index (χ4n) is 3.23. The minimum absolute atomic E-state index is 0.587. The van der Waals surface area contributed by atoms with Crippen LogP contribution in [0.25, 0.3) is 0 Å². The standard InChI is InChI=1S/C18H33N3/c1-15(2)8-7-9-16(3)19-14-17-12-13-21(20-17)18-10-5-4-6-11-18/h12-13,15-16,18-19H,4-11,14H2,1-3H3. The van der Waals surface area contributed by atoms with E-state index in [2.05, 4.69) is 43.0 Å². The molecule has 0 saturated heterocycles. The molecule has 1 N–H and O–H groups in total. The lowest BCUT2D eigenvalue weighted by Gasteiger charge is -2.21. The molecule has 1 heterocycles. The quantitative estimate of drug-likeness (QED) is 0.753. The summed E-state index contributed by atoms with van der Waals surface area (Å²) in [5, 5.41) is 8.38. The molecule has 0 bridgehead atoms. The van der Waals surface area contributed by atoms with Crippen molar-refractivity contribution in [3.8, 4) is 0 Å². The third-order valence-corrected chi connectivity index (χ3v) is 4.66. The molecule has 2 rings (SSSR count). The Morgan fingerprint density at radius 2 is 1.95 bits per heavy atom. The molecule has 1 atom stereocenters. The van der Waals surface area contributed by atoms with Gasteiger partial charge in [-0.1, -0.05) is 46.0 Å². The van der Waals surface area contributed by atoms with Gasteiger partial charge in [0.1, 0.15) is 0 Å². The molecule has 3 heteroatoms. The summed E-state index contributed by atoms with van der Waals surface area (Å²) in [5.41, 5.74) is 1.19. The first kappa shape index (κ1) is 16.5. The minimum Gasteiger partial charge on any atom is -0.309 e. The molecule has 1 fully saturated rings.